The third-order valence-electron chi connectivity index (χ3n) is 2.42. The van der Waals surface area contributed by atoms with Crippen molar-refractivity contribution in [3.63, 3.8) is 0 Å². The molecular weight excluding hydrogens is 216 g/mol. The van der Waals surface area contributed by atoms with E-state index < -0.39 is 0 Å². The van der Waals surface area contributed by atoms with Gasteiger partial charge in [0.2, 0.25) is 11.6 Å². The first-order chi connectivity index (χ1) is 8.22. The van der Waals surface area contributed by atoms with Crippen LogP contribution in [0.5, 0.6) is 0 Å². The molecule has 17 heavy (non-hydrogen) atoms. The summed E-state index contributed by atoms with van der Waals surface area (Å²) in [6.45, 7) is 0. The molecule has 0 saturated heterocycles. The first-order valence-electron chi connectivity index (χ1n) is 5.23. The molecule has 1 aliphatic rings. The van der Waals surface area contributed by atoms with Gasteiger partial charge in [0.15, 0.2) is 0 Å². The standard InChI is InChI=1S/C13H12N2O2/c1-14-12-10(16)7-8-11(17)13(12)15-9-5-3-2-4-6-9/h2-8,14-15H,1H3. The fraction of sp³-hybridized carbons (Fsp3) is 0.0769. The quantitative estimate of drug-likeness (QED) is 0.764. The molecule has 1 aromatic carbocycles. The number of allylic oxidation sites excluding steroid dienone is 2. The number of benzene rings is 1. The lowest BCUT2D eigenvalue weighted by Gasteiger charge is -2.15. The van der Waals surface area contributed by atoms with Gasteiger partial charge in [-0.15, -0.1) is 0 Å². The van der Waals surface area contributed by atoms with Crippen LogP contribution in [0.2, 0.25) is 0 Å². The number of ketones is 2. The second-order valence-electron chi connectivity index (χ2n) is 3.55. The van der Waals surface area contributed by atoms with Crippen LogP contribution in [0.15, 0.2) is 53.9 Å². The molecule has 4 heteroatoms. The molecular formula is C13H12N2O2. The van der Waals surface area contributed by atoms with Crippen LogP contribution in [0.25, 0.3) is 0 Å². The summed E-state index contributed by atoms with van der Waals surface area (Å²) in [5.74, 6) is -0.414. The molecule has 1 aromatic rings. The summed E-state index contributed by atoms with van der Waals surface area (Å²) >= 11 is 0. The van der Waals surface area contributed by atoms with Gasteiger partial charge in [0.25, 0.3) is 0 Å². The van der Waals surface area contributed by atoms with Crippen molar-refractivity contribution in [3.05, 3.63) is 53.9 Å². The first kappa shape index (κ1) is 11.1. The highest BCUT2D eigenvalue weighted by Gasteiger charge is 2.21. The molecule has 0 aromatic heterocycles. The molecule has 86 valence electrons. The van der Waals surface area contributed by atoms with E-state index in [2.05, 4.69) is 10.6 Å². The van der Waals surface area contributed by atoms with Gasteiger partial charge in [-0.25, -0.2) is 0 Å². The van der Waals surface area contributed by atoms with Crippen LogP contribution < -0.4 is 10.6 Å². The minimum atomic E-state index is -0.210. The lowest BCUT2D eigenvalue weighted by atomic mass is 10.1. The predicted molar refractivity (Wildman–Crippen MR) is 65.3 cm³/mol. The van der Waals surface area contributed by atoms with Gasteiger partial charge >= 0.3 is 0 Å². The second kappa shape index (κ2) is 4.65. The van der Waals surface area contributed by atoms with Crippen LogP contribution in [0.4, 0.5) is 5.69 Å². The van der Waals surface area contributed by atoms with E-state index in [0.29, 0.717) is 5.70 Å². The molecule has 4 nitrogen and oxygen atoms in total. The highest BCUT2D eigenvalue weighted by atomic mass is 16.1. The molecule has 2 N–H and O–H groups in total. The van der Waals surface area contributed by atoms with Crippen molar-refractivity contribution in [3.8, 4) is 0 Å². The van der Waals surface area contributed by atoms with Crippen LogP contribution in [-0.2, 0) is 9.59 Å². The molecule has 0 radical (unpaired) electrons. The topological polar surface area (TPSA) is 58.2 Å². The number of carbonyl (C=O) groups excluding carboxylic acids is 2. The normalized spacial score (nSPS) is 15.1. The van der Waals surface area contributed by atoms with Crippen molar-refractivity contribution < 1.29 is 9.59 Å². The van der Waals surface area contributed by atoms with Crippen molar-refractivity contribution in [1.29, 1.82) is 0 Å². The monoisotopic (exact) mass is 228 g/mol. The average Bonchev–Trinajstić information content (AvgIpc) is 2.35. The zero-order valence-corrected chi connectivity index (χ0v) is 9.36. The smallest absolute Gasteiger partial charge is 0.204 e. The fourth-order valence-electron chi connectivity index (χ4n) is 1.60. The highest BCUT2D eigenvalue weighted by Crippen LogP contribution is 2.16. The summed E-state index contributed by atoms with van der Waals surface area (Å²) in [7, 11) is 1.62. The molecule has 0 atom stereocenters. The summed E-state index contributed by atoms with van der Waals surface area (Å²) in [5, 5.41) is 5.71. The SMILES string of the molecule is CNC1=C(Nc2ccccc2)C(=O)C=CC1=O. The first-order valence-corrected chi connectivity index (χ1v) is 5.23. The van der Waals surface area contributed by atoms with Gasteiger partial charge in [0.1, 0.15) is 11.4 Å². The lowest BCUT2D eigenvalue weighted by molar-refractivity contribution is -0.115. The Morgan fingerprint density at radius 3 is 2.06 bits per heavy atom. The van der Waals surface area contributed by atoms with Crippen LogP contribution in [-0.4, -0.2) is 18.6 Å². The van der Waals surface area contributed by atoms with Crippen LogP contribution in [0, 0.1) is 0 Å². The number of anilines is 1. The van der Waals surface area contributed by atoms with Crippen molar-refractivity contribution in [2.24, 2.45) is 0 Å². The Labute approximate surface area is 99.0 Å². The number of hydrogen-bond donors (Lipinski definition) is 2. The van der Waals surface area contributed by atoms with E-state index in [-0.39, 0.29) is 17.3 Å². The van der Waals surface area contributed by atoms with Crippen LogP contribution in [0.1, 0.15) is 0 Å². The largest absolute Gasteiger partial charge is 0.383 e. The number of likely N-dealkylation sites (N-methyl/N-ethyl adjacent to an activating group) is 1. The van der Waals surface area contributed by atoms with Crippen LogP contribution in [0.3, 0.4) is 0 Å². The Morgan fingerprint density at radius 1 is 0.882 bits per heavy atom. The fourth-order valence-corrected chi connectivity index (χ4v) is 1.60. The second-order valence-corrected chi connectivity index (χ2v) is 3.55. The maximum Gasteiger partial charge on any atom is 0.204 e. The molecule has 0 heterocycles. The molecule has 0 spiro atoms. The zero-order chi connectivity index (χ0) is 12.3. The maximum absolute atomic E-state index is 11.7. The Morgan fingerprint density at radius 2 is 1.47 bits per heavy atom. The minimum absolute atomic E-state index is 0.203. The van der Waals surface area contributed by atoms with Gasteiger partial charge in [-0.2, -0.15) is 0 Å². The predicted octanol–water partition coefficient (Wildman–Crippen LogP) is 1.24. The number of rotatable bonds is 3. The Balaban J connectivity index is 2.34. The van der Waals surface area contributed by atoms with Gasteiger partial charge in [-0.3, -0.25) is 9.59 Å². The van der Waals surface area contributed by atoms with E-state index in [1.165, 1.54) is 12.2 Å². The van der Waals surface area contributed by atoms with Gasteiger partial charge in [0, 0.05) is 12.7 Å². The number of carbonyl (C=O) groups is 2. The molecule has 0 unspecified atom stereocenters. The van der Waals surface area contributed by atoms with E-state index in [9.17, 15) is 9.59 Å². The van der Waals surface area contributed by atoms with E-state index >= 15 is 0 Å². The Kier molecular flexibility index (Phi) is 3.05. The number of hydrogen-bond acceptors (Lipinski definition) is 4. The molecule has 0 saturated carbocycles. The molecule has 0 aliphatic heterocycles. The third-order valence-corrected chi connectivity index (χ3v) is 2.42. The maximum atomic E-state index is 11.7. The lowest BCUT2D eigenvalue weighted by Crippen LogP contribution is -2.27. The van der Waals surface area contributed by atoms with E-state index in [1.807, 2.05) is 30.3 Å². The van der Waals surface area contributed by atoms with E-state index in [4.69, 9.17) is 0 Å². The average molecular weight is 228 g/mol. The zero-order valence-electron chi connectivity index (χ0n) is 9.36. The highest BCUT2D eigenvalue weighted by molar-refractivity contribution is 6.20. The summed E-state index contributed by atoms with van der Waals surface area (Å²) in [6.07, 6.45) is 2.54. The molecule has 1 aliphatic carbocycles. The summed E-state index contributed by atoms with van der Waals surface area (Å²) in [4.78, 5) is 23.3. The summed E-state index contributed by atoms with van der Waals surface area (Å²) in [6, 6.07) is 9.25. The van der Waals surface area contributed by atoms with Crippen molar-refractivity contribution >= 4 is 17.3 Å². The van der Waals surface area contributed by atoms with Crippen molar-refractivity contribution in [2.45, 2.75) is 0 Å². The summed E-state index contributed by atoms with van der Waals surface area (Å²) in [5.41, 5.74) is 1.35. The Hall–Kier alpha value is -2.36. The number of para-hydroxylation sites is 1. The molecule has 0 fully saturated rings. The minimum Gasteiger partial charge on any atom is -0.383 e. The van der Waals surface area contributed by atoms with E-state index in [0.717, 1.165) is 5.69 Å². The molecule has 0 bridgehead atoms. The van der Waals surface area contributed by atoms with Crippen molar-refractivity contribution in [2.75, 3.05) is 12.4 Å². The molecule has 0 amide bonds. The van der Waals surface area contributed by atoms with Gasteiger partial charge in [-0.1, -0.05) is 18.2 Å². The van der Waals surface area contributed by atoms with Crippen LogP contribution >= 0.6 is 0 Å². The van der Waals surface area contributed by atoms with Gasteiger partial charge in [-0.05, 0) is 24.3 Å². The van der Waals surface area contributed by atoms with Crippen molar-refractivity contribution in [1.82, 2.24) is 5.32 Å². The van der Waals surface area contributed by atoms with Gasteiger partial charge in [0.05, 0.1) is 0 Å². The Bertz CT molecular complexity index is 515. The third kappa shape index (κ3) is 2.25. The molecule has 2 rings (SSSR count). The van der Waals surface area contributed by atoms with Gasteiger partial charge < -0.3 is 10.6 Å². The number of nitrogens with one attached hydrogen (secondary N) is 2. The summed E-state index contributed by atoms with van der Waals surface area (Å²) < 4.78 is 0. The van der Waals surface area contributed by atoms with E-state index in [1.54, 1.807) is 7.05 Å².